The fourth-order valence-electron chi connectivity index (χ4n) is 1.40. The van der Waals surface area contributed by atoms with Crippen molar-refractivity contribution in [2.24, 2.45) is 0 Å². The molecule has 0 saturated heterocycles. The average molecular weight is 307 g/mol. The summed E-state index contributed by atoms with van der Waals surface area (Å²) in [6.07, 6.45) is -2.89. The quantitative estimate of drug-likeness (QED) is 0.864. The van der Waals surface area contributed by atoms with E-state index < -0.39 is 32.4 Å². The molecule has 110 valence electrons. The van der Waals surface area contributed by atoms with Gasteiger partial charge in [-0.2, -0.15) is 13.2 Å². The van der Waals surface area contributed by atoms with Crippen molar-refractivity contribution in [1.29, 1.82) is 0 Å². The summed E-state index contributed by atoms with van der Waals surface area (Å²) in [5.74, 6) is -0.566. The first kappa shape index (κ1) is 16.2. The second kappa shape index (κ2) is 5.66. The standard InChI is InChI=1S/C12H12F3NO3S/c1-3-11(17)16-7-8-4-9(12(13,14)15)6-10(5-8)20(2,18)19/h3-6H,1,7H2,2H3,(H,16,17). The Balaban J connectivity index is 3.24. The van der Waals surface area contributed by atoms with Crippen LogP contribution in [0.2, 0.25) is 0 Å². The molecule has 0 bridgehead atoms. The maximum absolute atomic E-state index is 12.7. The zero-order chi connectivity index (χ0) is 15.6. The van der Waals surface area contributed by atoms with Gasteiger partial charge in [-0.25, -0.2) is 8.42 Å². The molecule has 0 fully saturated rings. The lowest BCUT2D eigenvalue weighted by molar-refractivity contribution is -0.137. The van der Waals surface area contributed by atoms with Crippen LogP contribution in [-0.4, -0.2) is 20.6 Å². The molecule has 0 heterocycles. The van der Waals surface area contributed by atoms with Gasteiger partial charge in [0, 0.05) is 12.8 Å². The maximum atomic E-state index is 12.7. The number of alkyl halides is 3. The van der Waals surface area contributed by atoms with E-state index in [1.165, 1.54) is 0 Å². The van der Waals surface area contributed by atoms with Gasteiger partial charge < -0.3 is 5.32 Å². The van der Waals surface area contributed by atoms with E-state index in [1.54, 1.807) is 0 Å². The maximum Gasteiger partial charge on any atom is 0.416 e. The number of sulfone groups is 1. The van der Waals surface area contributed by atoms with E-state index in [2.05, 4.69) is 11.9 Å². The monoisotopic (exact) mass is 307 g/mol. The number of carbonyl (C=O) groups excluding carboxylic acids is 1. The molecule has 20 heavy (non-hydrogen) atoms. The van der Waals surface area contributed by atoms with Gasteiger partial charge in [-0.05, 0) is 29.8 Å². The molecule has 1 amide bonds. The lowest BCUT2D eigenvalue weighted by atomic mass is 10.1. The number of benzene rings is 1. The molecule has 0 aliphatic heterocycles. The van der Waals surface area contributed by atoms with Crippen molar-refractivity contribution in [2.75, 3.05) is 6.26 Å². The smallest absolute Gasteiger partial charge is 0.348 e. The van der Waals surface area contributed by atoms with Crippen molar-refractivity contribution >= 4 is 15.7 Å². The molecule has 1 N–H and O–H groups in total. The molecule has 1 aromatic carbocycles. The molecule has 0 radical (unpaired) electrons. The SMILES string of the molecule is C=CC(=O)NCc1cc(C(F)(F)F)cc(S(C)(=O)=O)c1. The van der Waals surface area contributed by atoms with Crippen molar-refractivity contribution in [1.82, 2.24) is 5.32 Å². The summed E-state index contributed by atoms with van der Waals surface area (Å²) in [7, 11) is -3.79. The highest BCUT2D eigenvalue weighted by atomic mass is 32.2. The van der Waals surface area contributed by atoms with Gasteiger partial charge >= 0.3 is 6.18 Å². The third-order valence-electron chi connectivity index (χ3n) is 2.37. The van der Waals surface area contributed by atoms with Gasteiger partial charge in [0.25, 0.3) is 0 Å². The minimum atomic E-state index is -4.67. The average Bonchev–Trinajstić information content (AvgIpc) is 2.33. The Kier molecular flexibility index (Phi) is 4.59. The van der Waals surface area contributed by atoms with Gasteiger partial charge in [-0.3, -0.25) is 4.79 Å². The van der Waals surface area contributed by atoms with E-state index in [4.69, 9.17) is 0 Å². The van der Waals surface area contributed by atoms with E-state index in [0.29, 0.717) is 6.07 Å². The van der Waals surface area contributed by atoms with Crippen LogP contribution in [0.25, 0.3) is 0 Å². The van der Waals surface area contributed by atoms with Crippen molar-refractivity contribution < 1.29 is 26.4 Å². The van der Waals surface area contributed by atoms with Crippen molar-refractivity contribution in [3.8, 4) is 0 Å². The normalized spacial score (nSPS) is 12.0. The first-order chi connectivity index (χ1) is 9.04. The molecule has 0 aromatic heterocycles. The third kappa shape index (κ3) is 4.37. The van der Waals surface area contributed by atoms with Crippen molar-refractivity contribution in [3.63, 3.8) is 0 Å². The van der Waals surface area contributed by atoms with Crippen LogP contribution in [0.3, 0.4) is 0 Å². The molecule has 1 rings (SSSR count). The van der Waals surface area contributed by atoms with Crippen LogP contribution in [0.15, 0.2) is 35.7 Å². The summed E-state index contributed by atoms with van der Waals surface area (Å²) in [6.45, 7) is 2.97. The molecule has 0 aliphatic carbocycles. The summed E-state index contributed by atoms with van der Waals surface area (Å²) < 4.78 is 60.9. The lowest BCUT2D eigenvalue weighted by Crippen LogP contribution is -2.20. The molecule has 0 saturated carbocycles. The molecule has 4 nitrogen and oxygen atoms in total. The molecular formula is C12H12F3NO3S. The van der Waals surface area contributed by atoms with Crippen LogP contribution in [-0.2, 0) is 27.4 Å². The van der Waals surface area contributed by atoms with Crippen LogP contribution in [0.5, 0.6) is 0 Å². The van der Waals surface area contributed by atoms with Crippen LogP contribution < -0.4 is 5.32 Å². The van der Waals surface area contributed by atoms with Gasteiger partial charge in [-0.15, -0.1) is 0 Å². The number of halogens is 3. The van der Waals surface area contributed by atoms with Crippen LogP contribution >= 0.6 is 0 Å². The largest absolute Gasteiger partial charge is 0.416 e. The minimum Gasteiger partial charge on any atom is -0.348 e. The number of nitrogens with one attached hydrogen (secondary N) is 1. The number of amides is 1. The zero-order valence-corrected chi connectivity index (χ0v) is 11.3. The van der Waals surface area contributed by atoms with E-state index in [0.717, 1.165) is 24.5 Å². The molecule has 0 spiro atoms. The molecule has 0 atom stereocenters. The fraction of sp³-hybridized carbons (Fsp3) is 0.250. The van der Waals surface area contributed by atoms with Gasteiger partial charge in [0.05, 0.1) is 10.5 Å². The zero-order valence-electron chi connectivity index (χ0n) is 10.5. The van der Waals surface area contributed by atoms with Gasteiger partial charge in [0.2, 0.25) is 5.91 Å². The molecule has 1 aromatic rings. The second-order valence-electron chi connectivity index (χ2n) is 4.06. The number of carbonyl (C=O) groups is 1. The van der Waals surface area contributed by atoms with Gasteiger partial charge in [-0.1, -0.05) is 6.58 Å². The Morgan fingerprint density at radius 3 is 2.40 bits per heavy atom. The van der Waals surface area contributed by atoms with Crippen LogP contribution in [0, 0.1) is 0 Å². The Morgan fingerprint density at radius 1 is 1.35 bits per heavy atom. The minimum absolute atomic E-state index is 0.0375. The second-order valence-corrected chi connectivity index (χ2v) is 6.07. The molecule has 8 heteroatoms. The number of hydrogen-bond donors (Lipinski definition) is 1. The summed E-state index contributed by atoms with van der Waals surface area (Å²) in [4.78, 5) is 10.5. The van der Waals surface area contributed by atoms with E-state index in [-0.39, 0.29) is 12.1 Å². The fourth-order valence-corrected chi connectivity index (χ4v) is 2.11. The first-order valence-electron chi connectivity index (χ1n) is 5.35. The van der Waals surface area contributed by atoms with Crippen LogP contribution in [0.1, 0.15) is 11.1 Å². The van der Waals surface area contributed by atoms with E-state index in [9.17, 15) is 26.4 Å². The summed E-state index contributed by atoms with van der Waals surface area (Å²) in [5.41, 5.74) is -1.04. The van der Waals surface area contributed by atoms with E-state index >= 15 is 0 Å². The molecular weight excluding hydrogens is 295 g/mol. The number of hydrogen-bond acceptors (Lipinski definition) is 3. The lowest BCUT2D eigenvalue weighted by Gasteiger charge is -2.11. The summed E-state index contributed by atoms with van der Waals surface area (Å²) in [6, 6.07) is 2.44. The topological polar surface area (TPSA) is 63.2 Å². The van der Waals surface area contributed by atoms with Gasteiger partial charge in [0.1, 0.15) is 0 Å². The Hall–Kier alpha value is -1.83. The number of rotatable bonds is 4. The highest BCUT2D eigenvalue weighted by Gasteiger charge is 2.32. The predicted molar refractivity (Wildman–Crippen MR) is 66.6 cm³/mol. The van der Waals surface area contributed by atoms with Crippen LogP contribution in [0.4, 0.5) is 13.2 Å². The Morgan fingerprint density at radius 2 is 1.95 bits per heavy atom. The van der Waals surface area contributed by atoms with Crippen molar-refractivity contribution in [3.05, 3.63) is 42.0 Å². The third-order valence-corrected chi connectivity index (χ3v) is 3.47. The highest BCUT2D eigenvalue weighted by Crippen LogP contribution is 2.31. The Labute approximate surface area is 114 Å². The van der Waals surface area contributed by atoms with E-state index in [1.807, 2.05) is 0 Å². The highest BCUT2D eigenvalue weighted by molar-refractivity contribution is 7.90. The Bertz CT molecular complexity index is 636. The summed E-state index contributed by atoms with van der Waals surface area (Å²) in [5, 5.41) is 2.29. The van der Waals surface area contributed by atoms with Gasteiger partial charge in [0.15, 0.2) is 9.84 Å². The molecule has 0 aliphatic rings. The summed E-state index contributed by atoms with van der Waals surface area (Å²) >= 11 is 0. The first-order valence-corrected chi connectivity index (χ1v) is 7.24. The molecule has 0 unspecified atom stereocenters. The predicted octanol–water partition coefficient (Wildman–Crippen LogP) is 1.91. The van der Waals surface area contributed by atoms with Crippen molar-refractivity contribution in [2.45, 2.75) is 17.6 Å².